The van der Waals surface area contributed by atoms with Gasteiger partial charge in [0.15, 0.2) is 0 Å². The van der Waals surface area contributed by atoms with Gasteiger partial charge in [0.2, 0.25) is 0 Å². The number of methoxy groups -OCH3 is 1. The number of hydrogen-bond acceptors (Lipinski definition) is 3. The Bertz CT molecular complexity index is 647. The Labute approximate surface area is 158 Å². The number of hydrogen-bond donors (Lipinski definition) is 1. The first-order valence-corrected chi connectivity index (χ1v) is 9.76. The summed E-state index contributed by atoms with van der Waals surface area (Å²) in [5.41, 5.74) is 2.16. The molecule has 0 aliphatic carbocycles. The minimum atomic E-state index is -0.00289. The summed E-state index contributed by atoms with van der Waals surface area (Å²) in [6.45, 7) is 2.91. The second kappa shape index (κ2) is 7.79. The van der Waals surface area contributed by atoms with Gasteiger partial charge in [0.25, 0.3) is 0 Å². The molecule has 2 nitrogen and oxygen atoms in total. The average molecular weight is 518 g/mol. The molecule has 7 heteroatoms. The predicted molar refractivity (Wildman–Crippen MR) is 101 cm³/mol. The van der Waals surface area contributed by atoms with Gasteiger partial charge in [0.05, 0.1) is 25.2 Å². The lowest BCUT2D eigenvalue weighted by Gasteiger charge is -2.22. The Kier molecular flexibility index (Phi) is 6.59. The third-order valence-electron chi connectivity index (χ3n) is 2.95. The van der Waals surface area contributed by atoms with Gasteiger partial charge in [-0.2, -0.15) is 0 Å². The van der Waals surface area contributed by atoms with Gasteiger partial charge in [0.1, 0.15) is 5.75 Å². The zero-order valence-corrected chi connectivity index (χ0v) is 17.7. The van der Waals surface area contributed by atoms with Gasteiger partial charge < -0.3 is 10.1 Å². The van der Waals surface area contributed by atoms with Crippen LogP contribution in [0.15, 0.2) is 30.2 Å². The first-order valence-electron chi connectivity index (χ1n) is 6.19. The largest absolute Gasteiger partial charge is 0.495 e. The molecule has 1 unspecified atom stereocenters. The maximum absolute atomic E-state index is 6.22. The van der Waals surface area contributed by atoms with Crippen LogP contribution < -0.4 is 10.1 Å². The molecule has 1 N–H and O–H groups in total. The maximum atomic E-state index is 6.22. The van der Waals surface area contributed by atoms with E-state index in [2.05, 4.69) is 66.1 Å². The molecule has 0 saturated carbocycles. The Balaban J connectivity index is 2.60. The van der Waals surface area contributed by atoms with Crippen LogP contribution in [0, 0.1) is 0 Å². The molecule has 0 amide bonds. The van der Waals surface area contributed by atoms with Crippen molar-refractivity contribution in [3.63, 3.8) is 0 Å². The molecule has 1 heterocycles. The van der Waals surface area contributed by atoms with Crippen molar-refractivity contribution in [3.05, 3.63) is 46.4 Å². The van der Waals surface area contributed by atoms with Crippen molar-refractivity contribution in [3.8, 4) is 5.75 Å². The van der Waals surface area contributed by atoms with E-state index in [0.717, 1.165) is 35.5 Å². The maximum Gasteiger partial charge on any atom is 0.138 e. The van der Waals surface area contributed by atoms with Crippen molar-refractivity contribution >= 4 is 70.7 Å². The quantitative estimate of drug-likeness (QED) is 0.495. The highest BCUT2D eigenvalue weighted by molar-refractivity contribution is 9.12. The highest BCUT2D eigenvalue weighted by atomic mass is 79.9. The minimum absolute atomic E-state index is 0.00289. The molecule has 0 fully saturated rings. The van der Waals surface area contributed by atoms with Gasteiger partial charge in [-0.15, -0.1) is 11.3 Å². The van der Waals surface area contributed by atoms with E-state index in [0.29, 0.717) is 5.02 Å². The second-order valence-electron chi connectivity index (χ2n) is 4.28. The molecule has 0 aliphatic rings. The lowest BCUT2D eigenvalue weighted by molar-refractivity contribution is 0.401. The van der Waals surface area contributed by atoms with Crippen LogP contribution in [0.1, 0.15) is 24.1 Å². The van der Waals surface area contributed by atoms with Gasteiger partial charge in [-0.3, -0.25) is 0 Å². The van der Waals surface area contributed by atoms with Gasteiger partial charge in [-0.1, -0.05) is 18.5 Å². The molecule has 2 rings (SSSR count). The Morgan fingerprint density at radius 3 is 2.48 bits per heavy atom. The van der Waals surface area contributed by atoms with E-state index in [-0.39, 0.29) is 6.04 Å². The molecule has 0 bridgehead atoms. The summed E-state index contributed by atoms with van der Waals surface area (Å²) in [6.07, 6.45) is 0. The van der Waals surface area contributed by atoms with E-state index in [4.69, 9.17) is 16.3 Å². The Morgan fingerprint density at radius 1 is 1.24 bits per heavy atom. The van der Waals surface area contributed by atoms with Crippen molar-refractivity contribution in [1.82, 2.24) is 5.32 Å². The van der Waals surface area contributed by atoms with Crippen LogP contribution in [0.25, 0.3) is 0 Å². The first kappa shape index (κ1) is 17.8. The van der Waals surface area contributed by atoms with Crippen molar-refractivity contribution in [2.24, 2.45) is 0 Å². The summed E-state index contributed by atoms with van der Waals surface area (Å²) < 4.78 is 8.56. The summed E-state index contributed by atoms with van der Waals surface area (Å²) in [4.78, 5) is 0. The van der Waals surface area contributed by atoms with E-state index in [9.17, 15) is 0 Å². The van der Waals surface area contributed by atoms with Crippen molar-refractivity contribution < 1.29 is 4.74 Å². The number of benzene rings is 1. The third kappa shape index (κ3) is 4.03. The Hall–Kier alpha value is 0.410. The van der Waals surface area contributed by atoms with Crippen LogP contribution in [-0.2, 0) is 0 Å². The lowest BCUT2D eigenvalue weighted by atomic mass is 10.00. The van der Waals surface area contributed by atoms with Crippen LogP contribution in [-0.4, -0.2) is 13.7 Å². The molecular formula is C14H13Br3ClNOS. The van der Waals surface area contributed by atoms with Gasteiger partial charge in [-0.25, -0.2) is 0 Å². The van der Waals surface area contributed by atoms with E-state index in [1.165, 1.54) is 0 Å². The fraction of sp³-hybridized carbons (Fsp3) is 0.286. The summed E-state index contributed by atoms with van der Waals surface area (Å²) in [6, 6.07) is 5.88. The summed E-state index contributed by atoms with van der Waals surface area (Å²) >= 11 is 18.6. The fourth-order valence-electron chi connectivity index (χ4n) is 2.15. The van der Waals surface area contributed by atoms with Crippen molar-refractivity contribution in [2.45, 2.75) is 13.0 Å². The lowest BCUT2D eigenvalue weighted by Crippen LogP contribution is -2.22. The summed E-state index contributed by atoms with van der Waals surface area (Å²) in [5, 5.41) is 4.17. The smallest absolute Gasteiger partial charge is 0.138 e. The molecule has 1 aromatic carbocycles. The number of halogens is 4. The molecule has 0 aliphatic heterocycles. The molecule has 0 saturated heterocycles. The van der Waals surface area contributed by atoms with Gasteiger partial charge in [-0.05, 0) is 78.1 Å². The van der Waals surface area contributed by atoms with Crippen LogP contribution in [0.4, 0.5) is 0 Å². The van der Waals surface area contributed by atoms with Crippen molar-refractivity contribution in [1.29, 1.82) is 0 Å². The molecule has 1 atom stereocenters. The van der Waals surface area contributed by atoms with Gasteiger partial charge >= 0.3 is 0 Å². The highest BCUT2D eigenvalue weighted by Gasteiger charge is 2.23. The number of nitrogens with one attached hydrogen (secondary N) is 1. The third-order valence-corrected chi connectivity index (χ3v) is 6.15. The van der Waals surface area contributed by atoms with Gasteiger partial charge in [0, 0.05) is 10.6 Å². The van der Waals surface area contributed by atoms with E-state index in [1.54, 1.807) is 18.4 Å². The summed E-state index contributed by atoms with van der Waals surface area (Å²) in [5.74, 6) is 0.791. The summed E-state index contributed by atoms with van der Waals surface area (Å²) in [7, 11) is 1.67. The van der Waals surface area contributed by atoms with Crippen LogP contribution in [0.3, 0.4) is 0 Å². The average Bonchev–Trinajstić information content (AvgIpc) is 2.74. The molecule has 1 aromatic heterocycles. The SMILES string of the molecule is CCNC(c1cc(Br)sc1Br)c1cc(Cl)cc(Br)c1OC. The van der Waals surface area contributed by atoms with E-state index >= 15 is 0 Å². The van der Waals surface area contributed by atoms with E-state index in [1.807, 2.05) is 12.1 Å². The Morgan fingerprint density at radius 2 is 1.95 bits per heavy atom. The van der Waals surface area contributed by atoms with Crippen LogP contribution >= 0.6 is 70.7 Å². The number of rotatable bonds is 5. The molecule has 2 aromatic rings. The monoisotopic (exact) mass is 515 g/mol. The fourth-order valence-corrected chi connectivity index (χ4v) is 6.05. The molecule has 0 spiro atoms. The predicted octanol–water partition coefficient (Wildman–Crippen LogP) is 6.40. The number of ether oxygens (including phenoxy) is 1. The number of thiophene rings is 1. The van der Waals surface area contributed by atoms with Crippen molar-refractivity contribution in [2.75, 3.05) is 13.7 Å². The van der Waals surface area contributed by atoms with E-state index < -0.39 is 0 Å². The normalized spacial score (nSPS) is 12.5. The van der Waals surface area contributed by atoms with Crippen LogP contribution in [0.5, 0.6) is 5.75 Å². The molecule has 114 valence electrons. The topological polar surface area (TPSA) is 21.3 Å². The standard InChI is InChI=1S/C14H13Br3ClNOS/c1-3-19-12(9-6-11(16)21-14(9)17)8-4-7(18)5-10(15)13(8)20-2/h4-6,12,19H,3H2,1-2H3. The molecule has 21 heavy (non-hydrogen) atoms. The van der Waals surface area contributed by atoms with Crippen LogP contribution in [0.2, 0.25) is 5.02 Å². The molecule has 0 radical (unpaired) electrons. The first-order chi connectivity index (χ1) is 9.97. The zero-order chi connectivity index (χ0) is 15.6. The zero-order valence-electron chi connectivity index (χ0n) is 11.3. The minimum Gasteiger partial charge on any atom is -0.495 e. The second-order valence-corrected chi connectivity index (χ2v) is 9.32. The highest BCUT2D eigenvalue weighted by Crippen LogP contribution is 2.43. The molecular weight excluding hydrogens is 505 g/mol.